The summed E-state index contributed by atoms with van der Waals surface area (Å²) >= 11 is 5.30. The van der Waals surface area contributed by atoms with E-state index >= 15 is 0 Å². The van der Waals surface area contributed by atoms with Gasteiger partial charge in [0.25, 0.3) is 0 Å². The minimum Gasteiger partial charge on any atom is -0.378 e. The van der Waals surface area contributed by atoms with Crippen LogP contribution in [0.3, 0.4) is 0 Å². The third-order valence-electron chi connectivity index (χ3n) is 3.50. The molecule has 1 aromatic carbocycles. The van der Waals surface area contributed by atoms with Crippen molar-refractivity contribution in [2.45, 2.75) is 6.54 Å². The molecule has 0 saturated heterocycles. The Morgan fingerprint density at radius 2 is 1.83 bits per heavy atom. The summed E-state index contributed by atoms with van der Waals surface area (Å²) in [6.45, 7) is 0.652. The quantitative estimate of drug-likeness (QED) is 0.706. The lowest BCUT2D eigenvalue weighted by Gasteiger charge is -2.14. The van der Waals surface area contributed by atoms with E-state index in [2.05, 4.69) is 49.8 Å². The minimum absolute atomic E-state index is 0.529. The van der Waals surface area contributed by atoms with Gasteiger partial charge in [0.1, 0.15) is 0 Å². The van der Waals surface area contributed by atoms with Gasteiger partial charge in [-0.3, -0.25) is 4.98 Å². The highest BCUT2D eigenvalue weighted by molar-refractivity contribution is 7.71. The topological polar surface area (TPSA) is 61.8 Å². The predicted molar refractivity (Wildman–Crippen MR) is 94.5 cm³/mol. The number of aromatic nitrogens is 4. The molecule has 0 fully saturated rings. The molecular formula is C16H18N6S. The first kappa shape index (κ1) is 15.2. The Kier molecular flexibility index (Phi) is 4.38. The fourth-order valence-electron chi connectivity index (χ4n) is 2.22. The zero-order chi connectivity index (χ0) is 16.2. The van der Waals surface area contributed by atoms with Crippen molar-refractivity contribution in [1.82, 2.24) is 19.9 Å². The van der Waals surface area contributed by atoms with E-state index in [0.717, 1.165) is 11.4 Å². The van der Waals surface area contributed by atoms with Gasteiger partial charge in [-0.05, 0) is 42.0 Å². The van der Waals surface area contributed by atoms with Gasteiger partial charge in [-0.1, -0.05) is 12.1 Å². The van der Waals surface area contributed by atoms with Crippen LogP contribution < -0.4 is 10.3 Å². The maximum absolute atomic E-state index is 5.30. The molecule has 0 aliphatic carbocycles. The Morgan fingerprint density at radius 3 is 2.48 bits per heavy atom. The molecule has 6 nitrogen and oxygen atoms in total. The molecule has 0 amide bonds. The summed E-state index contributed by atoms with van der Waals surface area (Å²) in [6, 6.07) is 12.2. The maximum Gasteiger partial charge on any atom is 0.214 e. The second-order valence-electron chi connectivity index (χ2n) is 5.32. The molecule has 2 N–H and O–H groups in total. The van der Waals surface area contributed by atoms with E-state index < -0.39 is 0 Å². The molecule has 0 atom stereocenters. The van der Waals surface area contributed by atoms with Crippen LogP contribution in [0.1, 0.15) is 5.56 Å². The van der Waals surface area contributed by atoms with Crippen molar-refractivity contribution in [1.29, 1.82) is 0 Å². The zero-order valence-corrected chi connectivity index (χ0v) is 13.8. The largest absolute Gasteiger partial charge is 0.378 e. The highest BCUT2D eigenvalue weighted by Crippen LogP contribution is 2.16. The van der Waals surface area contributed by atoms with Gasteiger partial charge < -0.3 is 10.3 Å². The molecule has 7 heteroatoms. The minimum atomic E-state index is 0.529. The number of anilines is 1. The van der Waals surface area contributed by atoms with Crippen LogP contribution in [0.15, 0.2) is 48.8 Å². The van der Waals surface area contributed by atoms with Crippen LogP contribution in [-0.4, -0.2) is 34.0 Å². The van der Waals surface area contributed by atoms with Crippen LogP contribution in [0.25, 0.3) is 11.4 Å². The lowest BCUT2D eigenvalue weighted by atomic mass is 10.2. The first-order valence-electron chi connectivity index (χ1n) is 7.23. The number of nitrogens with one attached hydrogen (secondary N) is 2. The van der Waals surface area contributed by atoms with Crippen LogP contribution in [0.5, 0.6) is 0 Å². The number of hydrogen-bond acceptors (Lipinski definition) is 5. The van der Waals surface area contributed by atoms with E-state index in [1.807, 2.05) is 26.2 Å². The summed E-state index contributed by atoms with van der Waals surface area (Å²) in [7, 11) is 4.05. The molecule has 0 radical (unpaired) electrons. The van der Waals surface area contributed by atoms with Crippen LogP contribution in [-0.2, 0) is 6.54 Å². The summed E-state index contributed by atoms with van der Waals surface area (Å²) in [4.78, 5) is 6.10. The molecule has 23 heavy (non-hydrogen) atoms. The summed E-state index contributed by atoms with van der Waals surface area (Å²) in [5.41, 5.74) is 6.60. The SMILES string of the molecule is CN(C)c1ccc(CNn2c(-c3ccncc3)n[nH]c2=S)cc1. The first-order chi connectivity index (χ1) is 11.1. The monoisotopic (exact) mass is 326 g/mol. The Bertz CT molecular complexity index is 820. The molecule has 118 valence electrons. The molecule has 2 heterocycles. The molecule has 2 aromatic heterocycles. The van der Waals surface area contributed by atoms with E-state index in [1.165, 1.54) is 11.3 Å². The van der Waals surface area contributed by atoms with E-state index in [1.54, 1.807) is 17.1 Å². The van der Waals surface area contributed by atoms with Crippen molar-refractivity contribution in [2.24, 2.45) is 0 Å². The van der Waals surface area contributed by atoms with Crippen LogP contribution in [0.2, 0.25) is 0 Å². The second-order valence-corrected chi connectivity index (χ2v) is 5.71. The second kappa shape index (κ2) is 6.62. The van der Waals surface area contributed by atoms with E-state index in [-0.39, 0.29) is 0 Å². The summed E-state index contributed by atoms with van der Waals surface area (Å²) in [6.07, 6.45) is 3.47. The van der Waals surface area contributed by atoms with Crippen molar-refractivity contribution in [3.8, 4) is 11.4 Å². The van der Waals surface area contributed by atoms with E-state index in [0.29, 0.717) is 11.3 Å². The van der Waals surface area contributed by atoms with Crippen molar-refractivity contribution < 1.29 is 0 Å². The standard InChI is InChI=1S/C16H18N6S/c1-21(2)14-5-3-12(4-6-14)11-18-22-15(19-20-16(22)23)13-7-9-17-10-8-13/h3-10,18H,11H2,1-2H3,(H,20,23). The molecule has 0 saturated carbocycles. The molecule has 0 aliphatic heterocycles. The number of rotatable bonds is 5. The Morgan fingerprint density at radius 1 is 1.13 bits per heavy atom. The number of pyridine rings is 1. The average molecular weight is 326 g/mol. The molecular weight excluding hydrogens is 308 g/mol. The molecule has 3 rings (SSSR count). The van der Waals surface area contributed by atoms with Crippen molar-refractivity contribution in [3.63, 3.8) is 0 Å². The third-order valence-corrected chi connectivity index (χ3v) is 3.78. The summed E-state index contributed by atoms with van der Waals surface area (Å²) in [5, 5.41) is 7.11. The van der Waals surface area contributed by atoms with Gasteiger partial charge in [0, 0.05) is 37.7 Å². The predicted octanol–water partition coefficient (Wildman–Crippen LogP) is 2.81. The maximum atomic E-state index is 5.30. The van der Waals surface area contributed by atoms with Crippen LogP contribution in [0, 0.1) is 4.77 Å². The average Bonchev–Trinajstić information content (AvgIpc) is 2.95. The lowest BCUT2D eigenvalue weighted by Crippen LogP contribution is -2.16. The van der Waals surface area contributed by atoms with Gasteiger partial charge in [-0.25, -0.2) is 9.77 Å². The molecule has 0 aliphatic rings. The van der Waals surface area contributed by atoms with Crippen molar-refractivity contribution in [2.75, 3.05) is 24.4 Å². The van der Waals surface area contributed by atoms with E-state index in [4.69, 9.17) is 12.2 Å². The summed E-state index contributed by atoms with van der Waals surface area (Å²) in [5.74, 6) is 0.738. The molecule has 3 aromatic rings. The van der Waals surface area contributed by atoms with Gasteiger partial charge in [0.15, 0.2) is 5.82 Å². The number of nitrogens with zero attached hydrogens (tertiary/aromatic N) is 4. The molecule has 0 spiro atoms. The number of H-pyrrole nitrogens is 1. The fourth-order valence-corrected chi connectivity index (χ4v) is 2.42. The van der Waals surface area contributed by atoms with Crippen LogP contribution in [0.4, 0.5) is 5.69 Å². The van der Waals surface area contributed by atoms with E-state index in [9.17, 15) is 0 Å². The smallest absolute Gasteiger partial charge is 0.214 e. The molecule has 0 unspecified atom stereocenters. The Labute approximate surface area is 139 Å². The third kappa shape index (κ3) is 3.40. The normalized spacial score (nSPS) is 10.5. The van der Waals surface area contributed by atoms with Crippen LogP contribution >= 0.6 is 12.2 Å². The number of benzene rings is 1. The van der Waals surface area contributed by atoms with Gasteiger partial charge in [0.2, 0.25) is 4.77 Å². The van der Waals surface area contributed by atoms with Gasteiger partial charge in [-0.15, -0.1) is 0 Å². The van der Waals surface area contributed by atoms with Gasteiger partial charge >= 0.3 is 0 Å². The highest BCUT2D eigenvalue weighted by Gasteiger charge is 2.08. The van der Waals surface area contributed by atoms with Gasteiger partial charge in [0.05, 0.1) is 6.54 Å². The highest BCUT2D eigenvalue weighted by atomic mass is 32.1. The van der Waals surface area contributed by atoms with Crippen molar-refractivity contribution in [3.05, 3.63) is 59.1 Å². The Hall–Kier alpha value is -2.67. The van der Waals surface area contributed by atoms with Crippen molar-refractivity contribution >= 4 is 17.9 Å². The Balaban J connectivity index is 1.79. The van der Waals surface area contributed by atoms with Gasteiger partial charge in [-0.2, -0.15) is 5.10 Å². The molecule has 0 bridgehead atoms. The number of hydrogen-bond donors (Lipinski definition) is 2. The lowest BCUT2D eigenvalue weighted by molar-refractivity contribution is 0.831. The zero-order valence-electron chi connectivity index (χ0n) is 13.0. The first-order valence-corrected chi connectivity index (χ1v) is 7.64. The number of aromatic amines is 1. The fraction of sp³-hybridized carbons (Fsp3) is 0.188. The summed E-state index contributed by atoms with van der Waals surface area (Å²) < 4.78 is 2.31.